The van der Waals surface area contributed by atoms with Crippen LogP contribution in [0.25, 0.3) is 0 Å². The van der Waals surface area contributed by atoms with E-state index >= 15 is 0 Å². The second-order valence-corrected chi connectivity index (χ2v) is 11.8. The molecular weight excluding hydrogens is 309 g/mol. The molecule has 0 amide bonds. The summed E-state index contributed by atoms with van der Waals surface area (Å²) in [7, 11) is -1.59. The van der Waals surface area contributed by atoms with E-state index in [1.165, 1.54) is 18.5 Å². The third-order valence-corrected chi connectivity index (χ3v) is 11.0. The molecule has 126 valence electrons. The molecule has 0 aliphatic rings. The second-order valence-electron chi connectivity index (χ2n) is 6.37. The van der Waals surface area contributed by atoms with Gasteiger partial charge in [0, 0.05) is 0 Å². The molecule has 2 aromatic rings. The molecule has 1 aromatic carbocycles. The molecule has 0 bridgehead atoms. The van der Waals surface area contributed by atoms with Crippen molar-refractivity contribution in [2.45, 2.75) is 57.1 Å². The van der Waals surface area contributed by atoms with Crippen LogP contribution in [0.1, 0.15) is 26.3 Å². The van der Waals surface area contributed by atoms with E-state index in [0.717, 1.165) is 29.7 Å². The molecule has 0 aliphatic heterocycles. The first-order valence-corrected chi connectivity index (χ1v) is 11.1. The Labute approximate surface area is 138 Å². The number of hydrogen-bond donors (Lipinski definition) is 1. The van der Waals surface area contributed by atoms with Crippen molar-refractivity contribution in [2.24, 2.45) is 0 Å². The number of aliphatic hydroxyl groups is 1. The average molecular weight is 335 g/mol. The van der Waals surface area contributed by atoms with Crippen LogP contribution in [0.2, 0.25) is 24.2 Å². The lowest BCUT2D eigenvalue weighted by atomic mass is 9.95. The summed E-state index contributed by atoms with van der Waals surface area (Å²) >= 11 is 0. The maximum Gasteiger partial charge on any atom is 0.137 e. The van der Waals surface area contributed by atoms with Gasteiger partial charge in [-0.2, -0.15) is 5.10 Å². The summed E-state index contributed by atoms with van der Waals surface area (Å²) in [6.45, 7) is 7.01. The standard InChI is InChI=1S/C17H26FN3OSi/c1-4-23(5-2,6-3)12-17(22,11-21-14-19-13-20-21)15-7-9-16(18)10-8-15/h7-10,13-14,22H,4-6,11-12H2,1-3H3. The number of aromatic nitrogens is 3. The number of rotatable bonds is 8. The summed E-state index contributed by atoms with van der Waals surface area (Å²) in [6, 6.07) is 10.3. The summed E-state index contributed by atoms with van der Waals surface area (Å²) in [5.74, 6) is -0.290. The Hall–Kier alpha value is -1.53. The Morgan fingerprint density at radius 2 is 1.74 bits per heavy atom. The molecule has 0 radical (unpaired) electrons. The minimum absolute atomic E-state index is 0.290. The lowest BCUT2D eigenvalue weighted by molar-refractivity contribution is 0.0326. The minimum Gasteiger partial charge on any atom is -0.384 e. The quantitative estimate of drug-likeness (QED) is 0.746. The molecule has 2 rings (SSSR count). The lowest BCUT2D eigenvalue weighted by Crippen LogP contribution is -2.43. The minimum atomic E-state index is -1.59. The molecule has 6 heteroatoms. The highest BCUT2D eigenvalue weighted by atomic mass is 28.3. The maximum absolute atomic E-state index is 13.3. The topological polar surface area (TPSA) is 50.9 Å². The zero-order chi connectivity index (χ0) is 16.9. The Morgan fingerprint density at radius 3 is 2.22 bits per heavy atom. The molecule has 1 atom stereocenters. The second kappa shape index (κ2) is 7.36. The largest absolute Gasteiger partial charge is 0.384 e. The van der Waals surface area contributed by atoms with Crippen LogP contribution in [-0.2, 0) is 12.1 Å². The van der Waals surface area contributed by atoms with E-state index < -0.39 is 13.7 Å². The van der Waals surface area contributed by atoms with Gasteiger partial charge in [-0.25, -0.2) is 14.1 Å². The fourth-order valence-corrected chi connectivity index (χ4v) is 7.14. The summed E-state index contributed by atoms with van der Waals surface area (Å²) in [5.41, 5.74) is -0.294. The van der Waals surface area contributed by atoms with Crippen molar-refractivity contribution in [3.63, 3.8) is 0 Å². The van der Waals surface area contributed by atoms with E-state index in [0.29, 0.717) is 6.54 Å². The molecule has 1 unspecified atom stereocenters. The maximum atomic E-state index is 13.3. The van der Waals surface area contributed by atoms with Crippen LogP contribution >= 0.6 is 0 Å². The summed E-state index contributed by atoms with van der Waals surface area (Å²) in [4.78, 5) is 3.96. The van der Waals surface area contributed by atoms with Gasteiger partial charge >= 0.3 is 0 Å². The summed E-state index contributed by atoms with van der Waals surface area (Å²) < 4.78 is 14.9. The molecule has 1 heterocycles. The summed E-state index contributed by atoms with van der Waals surface area (Å²) in [6.07, 6.45) is 3.08. The van der Waals surface area contributed by atoms with E-state index in [1.54, 1.807) is 23.1 Å². The zero-order valence-electron chi connectivity index (χ0n) is 14.2. The molecular formula is C17H26FN3OSi. The molecule has 0 aliphatic carbocycles. The van der Waals surface area contributed by atoms with Gasteiger partial charge in [0.2, 0.25) is 0 Å². The molecule has 1 N–H and O–H groups in total. The van der Waals surface area contributed by atoms with E-state index in [9.17, 15) is 9.50 Å². The van der Waals surface area contributed by atoms with Crippen molar-refractivity contribution in [3.8, 4) is 0 Å². The van der Waals surface area contributed by atoms with Gasteiger partial charge in [-0.05, 0) is 23.7 Å². The van der Waals surface area contributed by atoms with Crippen LogP contribution < -0.4 is 0 Å². The smallest absolute Gasteiger partial charge is 0.137 e. The third-order valence-electron chi connectivity index (χ3n) is 5.19. The Morgan fingerprint density at radius 1 is 1.13 bits per heavy atom. The number of benzene rings is 1. The summed E-state index contributed by atoms with van der Waals surface area (Å²) in [5, 5.41) is 15.6. The van der Waals surface area contributed by atoms with Crippen molar-refractivity contribution in [1.29, 1.82) is 0 Å². The fraction of sp³-hybridized carbons (Fsp3) is 0.529. The molecule has 4 nitrogen and oxygen atoms in total. The van der Waals surface area contributed by atoms with Gasteiger partial charge in [0.1, 0.15) is 24.1 Å². The monoisotopic (exact) mass is 335 g/mol. The van der Waals surface area contributed by atoms with E-state index in [1.807, 2.05) is 0 Å². The van der Waals surface area contributed by atoms with Crippen molar-refractivity contribution in [1.82, 2.24) is 14.8 Å². The first-order valence-electron chi connectivity index (χ1n) is 8.28. The molecule has 0 saturated carbocycles. The molecule has 1 aromatic heterocycles. The van der Waals surface area contributed by atoms with Crippen molar-refractivity contribution in [2.75, 3.05) is 0 Å². The SMILES string of the molecule is CC[Si](CC)(CC)CC(O)(Cn1cncn1)c1ccc(F)cc1. The highest BCUT2D eigenvalue weighted by Crippen LogP contribution is 2.38. The van der Waals surface area contributed by atoms with Crippen LogP contribution in [0.4, 0.5) is 4.39 Å². The van der Waals surface area contributed by atoms with Gasteiger partial charge in [-0.3, -0.25) is 0 Å². The van der Waals surface area contributed by atoms with Gasteiger partial charge < -0.3 is 5.11 Å². The van der Waals surface area contributed by atoms with Crippen molar-refractivity contribution in [3.05, 3.63) is 48.3 Å². The highest BCUT2D eigenvalue weighted by molar-refractivity contribution is 6.79. The van der Waals surface area contributed by atoms with E-state index in [4.69, 9.17) is 0 Å². The normalized spacial score (nSPS) is 14.7. The molecule has 23 heavy (non-hydrogen) atoms. The van der Waals surface area contributed by atoms with Crippen LogP contribution in [-0.4, -0.2) is 27.9 Å². The van der Waals surface area contributed by atoms with Crippen LogP contribution in [0.15, 0.2) is 36.9 Å². The van der Waals surface area contributed by atoms with Gasteiger partial charge in [0.25, 0.3) is 0 Å². The van der Waals surface area contributed by atoms with Gasteiger partial charge in [-0.1, -0.05) is 51.0 Å². The predicted octanol–water partition coefficient (Wildman–Crippen LogP) is 3.81. The van der Waals surface area contributed by atoms with Crippen LogP contribution in [0, 0.1) is 5.82 Å². The first kappa shape index (κ1) is 17.8. The van der Waals surface area contributed by atoms with Gasteiger partial charge in [0.05, 0.1) is 14.6 Å². The first-order chi connectivity index (χ1) is 11.0. The molecule has 0 fully saturated rings. The lowest BCUT2D eigenvalue weighted by Gasteiger charge is -2.38. The van der Waals surface area contributed by atoms with E-state index in [2.05, 4.69) is 30.9 Å². The Bertz CT molecular complexity index is 591. The van der Waals surface area contributed by atoms with Gasteiger partial charge in [0.15, 0.2) is 0 Å². The molecule has 0 saturated heterocycles. The number of hydrogen-bond acceptors (Lipinski definition) is 3. The Kier molecular flexibility index (Phi) is 5.70. The number of nitrogens with zero attached hydrogens (tertiary/aromatic N) is 3. The average Bonchev–Trinajstić information content (AvgIpc) is 3.06. The Balaban J connectivity index is 2.39. The van der Waals surface area contributed by atoms with Crippen LogP contribution in [0.5, 0.6) is 0 Å². The third kappa shape index (κ3) is 4.06. The van der Waals surface area contributed by atoms with Crippen molar-refractivity contribution < 1.29 is 9.50 Å². The zero-order valence-corrected chi connectivity index (χ0v) is 15.2. The predicted molar refractivity (Wildman–Crippen MR) is 92.3 cm³/mol. The number of halogens is 1. The highest BCUT2D eigenvalue weighted by Gasteiger charge is 2.40. The van der Waals surface area contributed by atoms with E-state index in [-0.39, 0.29) is 5.82 Å². The fourth-order valence-electron chi connectivity index (χ4n) is 3.34. The van der Waals surface area contributed by atoms with Crippen LogP contribution in [0.3, 0.4) is 0 Å². The molecule has 0 spiro atoms. The van der Waals surface area contributed by atoms with Gasteiger partial charge in [-0.15, -0.1) is 0 Å². The van der Waals surface area contributed by atoms with Crippen molar-refractivity contribution >= 4 is 8.07 Å².